The number of ether oxygens (including phenoxy) is 1. The SMILES string of the molecule is COc1ccc2nc(-c3cc(C)cc(C)c3)nc(N)c2c1. The zero-order valence-corrected chi connectivity index (χ0v) is 12.3. The maximum atomic E-state index is 6.09. The first-order valence-electron chi connectivity index (χ1n) is 6.77. The van der Waals surface area contributed by atoms with Gasteiger partial charge in [-0.15, -0.1) is 0 Å². The van der Waals surface area contributed by atoms with E-state index in [4.69, 9.17) is 10.5 Å². The van der Waals surface area contributed by atoms with Crippen LogP contribution in [0.15, 0.2) is 36.4 Å². The van der Waals surface area contributed by atoms with Crippen molar-refractivity contribution in [3.63, 3.8) is 0 Å². The molecule has 1 heterocycles. The molecule has 0 atom stereocenters. The third kappa shape index (κ3) is 2.52. The van der Waals surface area contributed by atoms with Gasteiger partial charge in [0, 0.05) is 10.9 Å². The van der Waals surface area contributed by atoms with Crippen molar-refractivity contribution in [2.75, 3.05) is 12.8 Å². The number of benzene rings is 2. The summed E-state index contributed by atoms with van der Waals surface area (Å²) in [5.74, 6) is 1.86. The highest BCUT2D eigenvalue weighted by molar-refractivity contribution is 5.90. The Morgan fingerprint density at radius 3 is 2.33 bits per heavy atom. The van der Waals surface area contributed by atoms with Gasteiger partial charge in [-0.3, -0.25) is 0 Å². The van der Waals surface area contributed by atoms with Crippen molar-refractivity contribution in [2.24, 2.45) is 0 Å². The number of hydrogen-bond donors (Lipinski definition) is 1. The zero-order chi connectivity index (χ0) is 15.0. The lowest BCUT2D eigenvalue weighted by atomic mass is 10.1. The molecule has 2 aromatic carbocycles. The number of anilines is 1. The molecule has 1 aromatic heterocycles. The maximum absolute atomic E-state index is 6.09. The summed E-state index contributed by atoms with van der Waals surface area (Å²) in [5.41, 5.74) is 10.3. The molecule has 0 bridgehead atoms. The van der Waals surface area contributed by atoms with Crippen molar-refractivity contribution < 1.29 is 4.74 Å². The van der Waals surface area contributed by atoms with Gasteiger partial charge in [-0.2, -0.15) is 0 Å². The average molecular weight is 279 g/mol. The average Bonchev–Trinajstić information content (AvgIpc) is 2.46. The molecule has 106 valence electrons. The molecule has 0 aliphatic carbocycles. The van der Waals surface area contributed by atoms with E-state index < -0.39 is 0 Å². The predicted molar refractivity (Wildman–Crippen MR) is 85.4 cm³/mol. The number of nitrogens with zero attached hydrogens (tertiary/aromatic N) is 2. The molecule has 0 aliphatic heterocycles. The quantitative estimate of drug-likeness (QED) is 0.780. The number of hydrogen-bond acceptors (Lipinski definition) is 4. The first-order chi connectivity index (χ1) is 10.1. The minimum absolute atomic E-state index is 0.466. The molecule has 0 fully saturated rings. The van der Waals surface area contributed by atoms with Crippen molar-refractivity contribution in [2.45, 2.75) is 13.8 Å². The summed E-state index contributed by atoms with van der Waals surface area (Å²) in [4.78, 5) is 9.06. The summed E-state index contributed by atoms with van der Waals surface area (Å²) < 4.78 is 5.21. The van der Waals surface area contributed by atoms with E-state index in [9.17, 15) is 0 Å². The number of nitrogen functional groups attached to an aromatic ring is 1. The Labute approximate surface area is 123 Å². The molecule has 0 saturated carbocycles. The zero-order valence-electron chi connectivity index (χ0n) is 12.3. The van der Waals surface area contributed by atoms with Crippen LogP contribution in [-0.2, 0) is 0 Å². The monoisotopic (exact) mass is 279 g/mol. The molecule has 3 rings (SSSR count). The summed E-state index contributed by atoms with van der Waals surface area (Å²) >= 11 is 0. The number of aryl methyl sites for hydroxylation is 2. The molecule has 4 nitrogen and oxygen atoms in total. The minimum atomic E-state index is 0.466. The third-order valence-corrected chi connectivity index (χ3v) is 3.41. The van der Waals surface area contributed by atoms with Gasteiger partial charge in [0.25, 0.3) is 0 Å². The highest BCUT2D eigenvalue weighted by atomic mass is 16.5. The second-order valence-corrected chi connectivity index (χ2v) is 5.19. The van der Waals surface area contributed by atoms with Gasteiger partial charge in [-0.05, 0) is 44.2 Å². The molecule has 0 aliphatic rings. The van der Waals surface area contributed by atoms with E-state index in [2.05, 4.69) is 42.0 Å². The molecule has 4 heteroatoms. The van der Waals surface area contributed by atoms with E-state index in [0.29, 0.717) is 11.6 Å². The molecule has 0 amide bonds. The fourth-order valence-electron chi connectivity index (χ4n) is 2.49. The summed E-state index contributed by atoms with van der Waals surface area (Å²) in [6, 6.07) is 11.9. The molecule has 21 heavy (non-hydrogen) atoms. The van der Waals surface area contributed by atoms with Gasteiger partial charge in [-0.1, -0.05) is 17.2 Å². The largest absolute Gasteiger partial charge is 0.497 e. The maximum Gasteiger partial charge on any atom is 0.162 e. The Hall–Kier alpha value is -2.62. The van der Waals surface area contributed by atoms with Gasteiger partial charge in [0.1, 0.15) is 11.6 Å². The van der Waals surface area contributed by atoms with Crippen LogP contribution in [0.1, 0.15) is 11.1 Å². The third-order valence-electron chi connectivity index (χ3n) is 3.41. The Morgan fingerprint density at radius 2 is 1.67 bits per heavy atom. The van der Waals surface area contributed by atoms with Crippen LogP contribution in [-0.4, -0.2) is 17.1 Å². The van der Waals surface area contributed by atoms with E-state index in [1.165, 1.54) is 11.1 Å². The molecular formula is C17H17N3O. The lowest BCUT2D eigenvalue weighted by Gasteiger charge is -2.08. The highest BCUT2D eigenvalue weighted by Gasteiger charge is 2.09. The van der Waals surface area contributed by atoms with Crippen LogP contribution in [0.2, 0.25) is 0 Å². The minimum Gasteiger partial charge on any atom is -0.497 e. The van der Waals surface area contributed by atoms with Gasteiger partial charge in [-0.25, -0.2) is 9.97 Å². The van der Waals surface area contributed by atoms with Crippen LogP contribution in [0.4, 0.5) is 5.82 Å². The molecule has 2 N–H and O–H groups in total. The molecule has 0 saturated heterocycles. The Kier molecular flexibility index (Phi) is 3.22. The highest BCUT2D eigenvalue weighted by Crippen LogP contribution is 2.27. The fourth-order valence-corrected chi connectivity index (χ4v) is 2.49. The van der Waals surface area contributed by atoms with Crippen LogP contribution in [0, 0.1) is 13.8 Å². The van der Waals surface area contributed by atoms with Gasteiger partial charge in [0.2, 0.25) is 0 Å². The van der Waals surface area contributed by atoms with Crippen molar-refractivity contribution in [3.05, 3.63) is 47.5 Å². The van der Waals surface area contributed by atoms with E-state index in [-0.39, 0.29) is 0 Å². The standard InChI is InChI=1S/C17H17N3O/c1-10-6-11(2)8-12(7-10)17-19-15-5-4-13(21-3)9-14(15)16(18)20-17/h4-9H,1-3H3,(H2,18,19,20). The van der Waals surface area contributed by atoms with Crippen molar-refractivity contribution in [1.82, 2.24) is 9.97 Å². The summed E-state index contributed by atoms with van der Waals surface area (Å²) in [5, 5.41) is 0.808. The topological polar surface area (TPSA) is 61.0 Å². The summed E-state index contributed by atoms with van der Waals surface area (Å²) in [7, 11) is 1.63. The molecule has 3 aromatic rings. The van der Waals surface area contributed by atoms with E-state index in [0.717, 1.165) is 22.2 Å². The number of methoxy groups -OCH3 is 1. The second-order valence-electron chi connectivity index (χ2n) is 5.19. The number of nitrogens with two attached hydrogens (primary N) is 1. The number of rotatable bonds is 2. The summed E-state index contributed by atoms with van der Waals surface area (Å²) in [6.07, 6.45) is 0. The summed E-state index contributed by atoms with van der Waals surface area (Å²) in [6.45, 7) is 4.12. The Bertz CT molecular complexity index is 807. The molecule has 0 spiro atoms. The molecule has 0 radical (unpaired) electrons. The molecular weight excluding hydrogens is 262 g/mol. The van der Waals surface area contributed by atoms with Gasteiger partial charge >= 0.3 is 0 Å². The van der Waals surface area contributed by atoms with E-state index in [1.807, 2.05) is 18.2 Å². The van der Waals surface area contributed by atoms with E-state index >= 15 is 0 Å². The van der Waals surface area contributed by atoms with Crippen LogP contribution in [0.25, 0.3) is 22.3 Å². The first-order valence-corrected chi connectivity index (χ1v) is 6.77. The van der Waals surface area contributed by atoms with Crippen molar-refractivity contribution in [1.29, 1.82) is 0 Å². The Balaban J connectivity index is 2.20. The van der Waals surface area contributed by atoms with Crippen molar-refractivity contribution in [3.8, 4) is 17.1 Å². The predicted octanol–water partition coefficient (Wildman–Crippen LogP) is 3.50. The smallest absolute Gasteiger partial charge is 0.162 e. The number of fused-ring (bicyclic) bond motifs is 1. The second kappa shape index (κ2) is 5.05. The van der Waals surface area contributed by atoms with Crippen LogP contribution >= 0.6 is 0 Å². The molecule has 0 unspecified atom stereocenters. The van der Waals surface area contributed by atoms with Gasteiger partial charge in [0.05, 0.1) is 12.6 Å². The van der Waals surface area contributed by atoms with Crippen molar-refractivity contribution >= 4 is 16.7 Å². The van der Waals surface area contributed by atoms with Crippen LogP contribution in [0.3, 0.4) is 0 Å². The van der Waals surface area contributed by atoms with Gasteiger partial charge in [0.15, 0.2) is 5.82 Å². The normalized spacial score (nSPS) is 10.8. The first kappa shape index (κ1) is 13.4. The number of aromatic nitrogens is 2. The van der Waals surface area contributed by atoms with Gasteiger partial charge < -0.3 is 10.5 Å². The lowest BCUT2D eigenvalue weighted by Crippen LogP contribution is -1.98. The fraction of sp³-hybridized carbons (Fsp3) is 0.176. The lowest BCUT2D eigenvalue weighted by molar-refractivity contribution is 0.415. The van der Waals surface area contributed by atoms with E-state index in [1.54, 1.807) is 7.11 Å². The van der Waals surface area contributed by atoms with Crippen LogP contribution in [0.5, 0.6) is 5.75 Å². The van der Waals surface area contributed by atoms with Crippen LogP contribution < -0.4 is 10.5 Å². The Morgan fingerprint density at radius 1 is 0.952 bits per heavy atom.